The fourth-order valence-electron chi connectivity index (χ4n) is 1.24. The number of hydrogen-bond donors (Lipinski definition) is 0. The smallest absolute Gasteiger partial charge is 0.0605 e. The van der Waals surface area contributed by atoms with Crippen LogP contribution < -0.4 is 0 Å². The lowest BCUT2D eigenvalue weighted by atomic mass is 10.1. The highest BCUT2D eigenvalue weighted by molar-refractivity contribution is 5.22. The molecule has 1 nitrogen and oxygen atoms in total. The maximum absolute atomic E-state index is 4.28. The minimum atomic E-state index is 0.385. The first-order chi connectivity index (χ1) is 5.38. The van der Waals surface area contributed by atoms with Crippen LogP contribution in [0.2, 0.25) is 0 Å². The van der Waals surface area contributed by atoms with E-state index in [4.69, 9.17) is 0 Å². The zero-order valence-electron chi connectivity index (χ0n) is 7.12. The van der Waals surface area contributed by atoms with Gasteiger partial charge in [0.05, 0.1) is 0 Å². The van der Waals surface area contributed by atoms with Crippen molar-refractivity contribution in [1.29, 1.82) is 0 Å². The molecule has 1 aromatic carbocycles. The van der Waals surface area contributed by atoms with Crippen LogP contribution in [-0.4, -0.2) is 7.05 Å². The van der Waals surface area contributed by atoms with Gasteiger partial charge in [-0.2, -0.15) is 7.05 Å². The Morgan fingerprint density at radius 3 is 2.36 bits per heavy atom. The summed E-state index contributed by atoms with van der Waals surface area (Å²) in [6, 6.07) is 10.8. The van der Waals surface area contributed by atoms with Crippen molar-refractivity contribution in [2.75, 3.05) is 7.05 Å². The SMILES string of the molecule is CCC([N-]C)c1ccccc1. The Bertz CT molecular complexity index is 189. The van der Waals surface area contributed by atoms with E-state index >= 15 is 0 Å². The molecular formula is C10H14N-. The van der Waals surface area contributed by atoms with Crippen LogP contribution in [0.3, 0.4) is 0 Å². The van der Waals surface area contributed by atoms with Crippen molar-refractivity contribution >= 4 is 0 Å². The van der Waals surface area contributed by atoms with Gasteiger partial charge in [-0.15, -0.1) is 6.04 Å². The van der Waals surface area contributed by atoms with Crippen molar-refractivity contribution < 1.29 is 0 Å². The second-order valence-corrected chi connectivity index (χ2v) is 2.59. The third kappa shape index (κ3) is 2.05. The van der Waals surface area contributed by atoms with Crippen LogP contribution in [0.25, 0.3) is 5.32 Å². The van der Waals surface area contributed by atoms with E-state index in [1.807, 2.05) is 13.1 Å². The van der Waals surface area contributed by atoms with Crippen molar-refractivity contribution in [3.8, 4) is 0 Å². The minimum absolute atomic E-state index is 0.385. The molecule has 0 aliphatic carbocycles. The zero-order chi connectivity index (χ0) is 8.10. The number of nitrogens with zero attached hydrogens (tertiary/aromatic N) is 1. The molecule has 1 aromatic rings. The van der Waals surface area contributed by atoms with Crippen LogP contribution in [-0.2, 0) is 0 Å². The van der Waals surface area contributed by atoms with E-state index in [0.29, 0.717) is 6.04 Å². The van der Waals surface area contributed by atoms with Crippen LogP contribution in [0.15, 0.2) is 30.3 Å². The van der Waals surface area contributed by atoms with Crippen LogP contribution in [0, 0.1) is 0 Å². The molecule has 0 bridgehead atoms. The van der Waals surface area contributed by atoms with Gasteiger partial charge in [0.1, 0.15) is 0 Å². The molecule has 0 N–H and O–H groups in total. The summed E-state index contributed by atoms with van der Waals surface area (Å²) in [4.78, 5) is 0. The third-order valence-electron chi connectivity index (χ3n) is 1.88. The minimum Gasteiger partial charge on any atom is -0.658 e. The molecule has 1 unspecified atom stereocenters. The van der Waals surface area contributed by atoms with Gasteiger partial charge >= 0.3 is 0 Å². The summed E-state index contributed by atoms with van der Waals surface area (Å²) in [6.45, 7) is 2.16. The lowest BCUT2D eigenvalue weighted by molar-refractivity contribution is 0.772. The van der Waals surface area contributed by atoms with Gasteiger partial charge in [0.25, 0.3) is 0 Å². The topological polar surface area (TPSA) is 14.1 Å². The van der Waals surface area contributed by atoms with Gasteiger partial charge in [0.2, 0.25) is 0 Å². The highest BCUT2D eigenvalue weighted by Crippen LogP contribution is 2.22. The number of rotatable bonds is 3. The Balaban J connectivity index is 2.74. The van der Waals surface area contributed by atoms with E-state index in [0.717, 1.165) is 6.42 Å². The first-order valence-electron chi connectivity index (χ1n) is 4.02. The fourth-order valence-corrected chi connectivity index (χ4v) is 1.24. The maximum atomic E-state index is 4.28. The molecule has 0 heterocycles. The standard InChI is InChI=1S/C10H14N/c1-3-10(11-2)9-7-5-4-6-8-9/h4-8,10H,3H2,1-2H3/q-1. The highest BCUT2D eigenvalue weighted by Gasteiger charge is 1.94. The van der Waals surface area contributed by atoms with Gasteiger partial charge in [-0.25, -0.2) is 0 Å². The van der Waals surface area contributed by atoms with Gasteiger partial charge in [-0.1, -0.05) is 49.2 Å². The average Bonchev–Trinajstić information content (AvgIpc) is 2.09. The van der Waals surface area contributed by atoms with E-state index in [2.05, 4.69) is 36.5 Å². The van der Waals surface area contributed by atoms with Gasteiger partial charge in [0, 0.05) is 0 Å². The summed E-state index contributed by atoms with van der Waals surface area (Å²) in [5.74, 6) is 0. The van der Waals surface area contributed by atoms with E-state index < -0.39 is 0 Å². The van der Waals surface area contributed by atoms with E-state index in [1.165, 1.54) is 5.56 Å². The summed E-state index contributed by atoms with van der Waals surface area (Å²) in [5, 5.41) is 4.28. The van der Waals surface area contributed by atoms with Crippen molar-refractivity contribution in [2.24, 2.45) is 0 Å². The van der Waals surface area contributed by atoms with Gasteiger partial charge < -0.3 is 5.32 Å². The molecule has 0 saturated heterocycles. The van der Waals surface area contributed by atoms with Crippen LogP contribution >= 0.6 is 0 Å². The van der Waals surface area contributed by atoms with Crippen LogP contribution in [0.5, 0.6) is 0 Å². The highest BCUT2D eigenvalue weighted by atomic mass is 14.9. The molecule has 1 rings (SSSR count). The molecule has 0 spiro atoms. The quantitative estimate of drug-likeness (QED) is 0.625. The normalized spacial score (nSPS) is 12.9. The predicted molar refractivity (Wildman–Crippen MR) is 48.8 cm³/mol. The molecular weight excluding hydrogens is 134 g/mol. The predicted octanol–water partition coefficient (Wildman–Crippen LogP) is 3.14. The Labute approximate surface area is 68.4 Å². The first kappa shape index (κ1) is 8.28. The molecule has 0 aromatic heterocycles. The maximum Gasteiger partial charge on any atom is -0.0605 e. The Kier molecular flexibility index (Phi) is 3.12. The fraction of sp³-hybridized carbons (Fsp3) is 0.400. The number of hydrogen-bond acceptors (Lipinski definition) is 0. The van der Waals surface area contributed by atoms with Gasteiger partial charge in [-0.05, 0) is 0 Å². The molecule has 11 heavy (non-hydrogen) atoms. The molecule has 1 atom stereocenters. The van der Waals surface area contributed by atoms with Gasteiger partial charge in [-0.3, -0.25) is 0 Å². The molecule has 0 amide bonds. The third-order valence-corrected chi connectivity index (χ3v) is 1.88. The first-order valence-corrected chi connectivity index (χ1v) is 4.02. The molecule has 0 radical (unpaired) electrons. The molecule has 0 aliphatic heterocycles. The second-order valence-electron chi connectivity index (χ2n) is 2.59. The Hall–Kier alpha value is -0.820. The van der Waals surface area contributed by atoms with E-state index in [9.17, 15) is 0 Å². The lowest BCUT2D eigenvalue weighted by Crippen LogP contribution is -1.93. The molecule has 60 valence electrons. The van der Waals surface area contributed by atoms with E-state index in [-0.39, 0.29) is 0 Å². The summed E-state index contributed by atoms with van der Waals surface area (Å²) in [5.41, 5.74) is 1.32. The van der Waals surface area contributed by atoms with Crippen molar-refractivity contribution in [3.05, 3.63) is 41.2 Å². The summed E-state index contributed by atoms with van der Waals surface area (Å²) in [7, 11) is 1.88. The summed E-state index contributed by atoms with van der Waals surface area (Å²) >= 11 is 0. The Morgan fingerprint density at radius 2 is 1.91 bits per heavy atom. The van der Waals surface area contributed by atoms with Crippen molar-refractivity contribution in [1.82, 2.24) is 0 Å². The molecule has 0 aliphatic rings. The average molecular weight is 148 g/mol. The summed E-state index contributed by atoms with van der Waals surface area (Å²) in [6.07, 6.45) is 1.08. The zero-order valence-corrected chi connectivity index (χ0v) is 7.12. The van der Waals surface area contributed by atoms with Crippen LogP contribution in [0.1, 0.15) is 24.9 Å². The molecule has 1 heteroatoms. The van der Waals surface area contributed by atoms with Crippen molar-refractivity contribution in [2.45, 2.75) is 19.4 Å². The summed E-state index contributed by atoms with van der Waals surface area (Å²) < 4.78 is 0. The number of benzene rings is 1. The molecule has 0 fully saturated rings. The van der Waals surface area contributed by atoms with Crippen molar-refractivity contribution in [3.63, 3.8) is 0 Å². The second kappa shape index (κ2) is 4.14. The van der Waals surface area contributed by atoms with Gasteiger partial charge in [0.15, 0.2) is 0 Å². The largest absolute Gasteiger partial charge is 0.658 e. The Morgan fingerprint density at radius 1 is 1.27 bits per heavy atom. The van der Waals surface area contributed by atoms with Crippen LogP contribution in [0.4, 0.5) is 0 Å². The monoisotopic (exact) mass is 148 g/mol. The van der Waals surface area contributed by atoms with E-state index in [1.54, 1.807) is 0 Å². The lowest BCUT2D eigenvalue weighted by Gasteiger charge is -2.26. The molecule has 0 saturated carbocycles.